The molecule has 0 unspecified atom stereocenters. The van der Waals surface area contributed by atoms with Crippen molar-refractivity contribution in [1.29, 1.82) is 0 Å². The molecule has 516 valence electrons. The molecule has 85 heavy (non-hydrogen) atoms. The first kappa shape index (κ1) is 111. The Morgan fingerprint density at radius 2 is 0.494 bits per heavy atom. The second kappa shape index (κ2) is 106. The molecule has 0 aliphatic rings. The number of hydrogen-bond acceptors (Lipinski definition) is 22. The maximum absolute atomic E-state index is 9.76. The fraction of sp³-hybridized carbons (Fsp3) is 0.818. The molecule has 0 aromatic carbocycles. The van der Waals surface area contributed by atoms with Crippen LogP contribution in [-0.4, -0.2) is 153 Å². The maximum Gasteiger partial charge on any atom is 0.303 e. The number of nitrogens with two attached hydrogens (primary N) is 3. The average Bonchev–Trinajstić information content (AvgIpc) is 3.37. The lowest BCUT2D eigenvalue weighted by molar-refractivity contribution is -0.386. The van der Waals surface area contributed by atoms with Crippen LogP contribution in [0.4, 0.5) is 0 Å². The van der Waals surface area contributed by atoms with E-state index in [0.29, 0.717) is 26.1 Å². The van der Waals surface area contributed by atoms with Gasteiger partial charge in [0.05, 0.1) is 39.3 Å². The van der Waals surface area contributed by atoms with Crippen LogP contribution in [0.2, 0.25) is 0 Å². The molecule has 26 N–H and O–H groups in total. The van der Waals surface area contributed by atoms with Crippen LogP contribution in [-0.2, 0) is 47.9 Å². The molecule has 30 nitrogen and oxygen atoms in total. The van der Waals surface area contributed by atoms with Crippen molar-refractivity contribution in [2.24, 2.45) is 29.0 Å². The highest BCUT2D eigenvalue weighted by Gasteiger charge is 2.08. The Kier molecular flexibility index (Phi) is 138. The number of rotatable bonds is 33. The summed E-state index contributed by atoms with van der Waals surface area (Å²) in [6.07, 6.45) is 17.1. The number of carboxylic acids is 10. The van der Waals surface area contributed by atoms with Gasteiger partial charge >= 0.3 is 5.97 Å². The van der Waals surface area contributed by atoms with Gasteiger partial charge in [0.2, 0.25) is 0 Å². The number of carbonyl (C=O) groups is 10. The maximum atomic E-state index is 9.76. The second-order valence-electron chi connectivity index (χ2n) is 17.7. The van der Waals surface area contributed by atoms with Crippen LogP contribution in [0.3, 0.4) is 0 Å². The molecule has 0 rings (SSSR count). The standard InChI is InChI=1S/2C7H19N3.C6H18N4.5C5H10O2.5C2H4O2/c2*8-4-1-7(2-5-9)3-6-10;7-1-4-10(5-2-8)6-3-9;5*1-2-3-4-5(6)7;5*1-2(3)4/h2*7H,1-6,8-10H2;1-9H2;5*2-4H2,1H3,(H,6,7);5*1H3,(H,3,4)/p-2. The lowest BCUT2D eigenvalue weighted by Gasteiger charge is -2.18. The third-order valence-corrected chi connectivity index (χ3v) is 8.69. The highest BCUT2D eigenvalue weighted by molar-refractivity contribution is 5.66. The zero-order chi connectivity index (χ0) is 69.8. The SMILES string of the molecule is CC(=O)O.CC(=O)[O-].CC(=O)[O-].CC(=O)[O-].CC(=O)[O-].CCCCC(=O)O.CCCCC(=O)[O-].CCCCC(=O)[O-].CCCCC(=O)[O-].CCCCC(=O)[O-].NCCN(CCN)CCN.[NH3+]CCC(CC[NH3+])CC[NH3+].[NH3+]CCC(CC[NH3+])CC[NH3+]. The minimum Gasteiger partial charge on any atom is -0.550 e. The smallest absolute Gasteiger partial charge is 0.303 e. The number of nitrogens with zero attached hydrogens (tertiary/aromatic N) is 1. The van der Waals surface area contributed by atoms with Crippen molar-refractivity contribution in [3.63, 3.8) is 0 Å². The van der Waals surface area contributed by atoms with Gasteiger partial charge in [0.15, 0.2) is 0 Å². The van der Waals surface area contributed by atoms with E-state index in [0.717, 1.165) is 170 Å². The number of hydrogen-bond donors (Lipinski definition) is 11. The van der Waals surface area contributed by atoms with Crippen LogP contribution in [0, 0.1) is 11.8 Å². The van der Waals surface area contributed by atoms with Gasteiger partial charge in [-0.15, -0.1) is 0 Å². The molecule has 0 bridgehead atoms. The van der Waals surface area contributed by atoms with Crippen LogP contribution >= 0.6 is 0 Å². The minimum atomic E-state index is -1.08. The van der Waals surface area contributed by atoms with Crippen LogP contribution in [0.15, 0.2) is 0 Å². The predicted octanol–water partition coefficient (Wildman–Crippen LogP) is -10.8. The van der Waals surface area contributed by atoms with E-state index >= 15 is 0 Å². The zero-order valence-electron chi connectivity index (χ0n) is 54.2. The molecule has 0 aliphatic heterocycles. The molecule has 0 amide bonds. The van der Waals surface area contributed by atoms with Gasteiger partial charge in [-0.05, 0) is 136 Å². The first-order valence-corrected chi connectivity index (χ1v) is 29.0. The number of quaternary nitrogens is 6. The van der Waals surface area contributed by atoms with E-state index in [9.17, 15) is 44.4 Å². The van der Waals surface area contributed by atoms with E-state index in [1.165, 1.54) is 38.5 Å². The summed E-state index contributed by atoms with van der Waals surface area (Å²) in [5.41, 5.74) is 39.2. The molecule has 0 fully saturated rings. The van der Waals surface area contributed by atoms with Gasteiger partial charge in [-0.3, -0.25) is 14.5 Å². The van der Waals surface area contributed by atoms with Crippen molar-refractivity contribution in [2.75, 3.05) is 78.5 Å². The Hall–Kier alpha value is -5.70. The van der Waals surface area contributed by atoms with E-state index in [4.69, 9.17) is 71.8 Å². The Morgan fingerprint density at radius 3 is 0.565 bits per heavy atom. The zero-order valence-corrected chi connectivity index (χ0v) is 54.2. The lowest BCUT2D eigenvalue weighted by Crippen LogP contribution is -2.55. The molecular formula is C55H124N10O20-2. The Labute approximate surface area is 508 Å². The number of unbranched alkanes of at least 4 members (excludes halogenated alkanes) is 5. The van der Waals surface area contributed by atoms with Gasteiger partial charge in [-0.1, -0.05) is 66.7 Å². The summed E-state index contributed by atoms with van der Waals surface area (Å²) in [5, 5.41) is 89.6. The Balaban J connectivity index is -0.0000000609. The predicted molar refractivity (Wildman–Crippen MR) is 306 cm³/mol. The fourth-order valence-corrected chi connectivity index (χ4v) is 5.09. The van der Waals surface area contributed by atoms with Crippen molar-refractivity contribution in [2.45, 2.75) is 204 Å². The third kappa shape index (κ3) is 267. The summed E-state index contributed by atoms with van der Waals surface area (Å²) in [7, 11) is 0. The van der Waals surface area contributed by atoms with Gasteiger partial charge in [-0.2, -0.15) is 0 Å². The lowest BCUT2D eigenvalue weighted by atomic mass is 9.98. The van der Waals surface area contributed by atoms with Gasteiger partial charge in [0.25, 0.3) is 5.97 Å². The monoisotopic (exact) mass is 1240 g/mol. The molecule has 0 atom stereocenters. The van der Waals surface area contributed by atoms with Gasteiger partial charge < -0.3 is 141 Å². The Morgan fingerprint density at radius 1 is 0.353 bits per heavy atom. The van der Waals surface area contributed by atoms with E-state index in [1.807, 2.05) is 34.6 Å². The minimum absolute atomic E-state index is 0.205. The van der Waals surface area contributed by atoms with Crippen LogP contribution in [0.1, 0.15) is 204 Å². The summed E-state index contributed by atoms with van der Waals surface area (Å²) in [6, 6.07) is 0. The molecule has 0 aromatic heterocycles. The van der Waals surface area contributed by atoms with Crippen molar-refractivity contribution in [3.8, 4) is 0 Å². The number of carbonyl (C=O) groups excluding carboxylic acids is 8. The van der Waals surface area contributed by atoms with Crippen LogP contribution in [0.5, 0.6) is 0 Å². The average molecular weight is 1250 g/mol. The van der Waals surface area contributed by atoms with E-state index in [-0.39, 0.29) is 25.7 Å². The van der Waals surface area contributed by atoms with Crippen molar-refractivity contribution in [3.05, 3.63) is 0 Å². The molecular weight excluding hydrogens is 1120 g/mol. The highest BCUT2D eigenvalue weighted by Crippen LogP contribution is 2.09. The Bertz CT molecular complexity index is 1150. The largest absolute Gasteiger partial charge is 0.550 e. The molecule has 0 heterocycles. The van der Waals surface area contributed by atoms with E-state index in [1.54, 1.807) is 0 Å². The third-order valence-electron chi connectivity index (χ3n) is 8.69. The number of carboxylic acid groups (broad SMARTS) is 10. The second-order valence-corrected chi connectivity index (χ2v) is 17.7. The van der Waals surface area contributed by atoms with E-state index < -0.39 is 59.7 Å². The molecule has 0 aliphatic carbocycles. The quantitative estimate of drug-likeness (QED) is 0.0291. The number of aliphatic carboxylic acids is 10. The molecule has 0 saturated carbocycles. The molecule has 0 radical (unpaired) electrons. The fourth-order valence-electron chi connectivity index (χ4n) is 5.09. The summed E-state index contributed by atoms with van der Waals surface area (Å²) in [5.74, 6) is -7.95. The summed E-state index contributed by atoms with van der Waals surface area (Å²) >= 11 is 0. The van der Waals surface area contributed by atoms with Gasteiger partial charge in [0.1, 0.15) is 0 Å². The van der Waals surface area contributed by atoms with Gasteiger partial charge in [-0.25, -0.2) is 0 Å². The summed E-state index contributed by atoms with van der Waals surface area (Å²) < 4.78 is 0. The van der Waals surface area contributed by atoms with Crippen molar-refractivity contribution < 1.29 is 133 Å². The molecule has 0 spiro atoms. The van der Waals surface area contributed by atoms with Crippen LogP contribution < -0.4 is 92.5 Å². The van der Waals surface area contributed by atoms with Crippen LogP contribution in [0.25, 0.3) is 0 Å². The highest BCUT2D eigenvalue weighted by atomic mass is 16.4. The summed E-state index contributed by atoms with van der Waals surface area (Å²) in [6.45, 7) is 25.8. The topological polar surface area (TPSA) is 643 Å². The van der Waals surface area contributed by atoms with Crippen molar-refractivity contribution in [1.82, 2.24) is 4.90 Å². The van der Waals surface area contributed by atoms with Gasteiger partial charge in [0, 0.05) is 100 Å². The summed E-state index contributed by atoms with van der Waals surface area (Å²) in [4.78, 5) is 95.1. The first-order chi connectivity index (χ1) is 39.5. The first-order valence-electron chi connectivity index (χ1n) is 29.0. The normalized spacial score (nSPS) is 8.87. The van der Waals surface area contributed by atoms with Crippen molar-refractivity contribution >= 4 is 59.7 Å². The van der Waals surface area contributed by atoms with E-state index in [2.05, 4.69) is 39.3 Å². The molecule has 0 saturated heterocycles. The molecule has 30 heteroatoms. The molecule has 0 aromatic rings.